The molecular formula is C13H23NO4. The quantitative estimate of drug-likeness (QED) is 0.780. The maximum absolute atomic E-state index is 12.4. The fraction of sp³-hybridized carbons (Fsp3) is 0.846. The zero-order valence-corrected chi connectivity index (χ0v) is 11.4. The van der Waals surface area contributed by atoms with Crippen LogP contribution in [-0.2, 0) is 14.3 Å². The zero-order chi connectivity index (χ0) is 13.7. The van der Waals surface area contributed by atoms with E-state index in [2.05, 4.69) is 0 Å². The Bertz CT molecular complexity index is 303. The lowest BCUT2D eigenvalue weighted by molar-refractivity contribution is -0.150. The molecule has 1 fully saturated rings. The third-order valence-corrected chi connectivity index (χ3v) is 3.59. The first-order chi connectivity index (χ1) is 8.49. The van der Waals surface area contributed by atoms with Crippen LogP contribution in [0.3, 0.4) is 0 Å². The van der Waals surface area contributed by atoms with Crippen molar-refractivity contribution in [2.45, 2.75) is 39.2 Å². The molecule has 1 aliphatic rings. The van der Waals surface area contributed by atoms with Crippen LogP contribution in [0.15, 0.2) is 0 Å². The highest BCUT2D eigenvalue weighted by Crippen LogP contribution is 2.33. The number of ether oxygens (including phenoxy) is 1. The average Bonchev–Trinajstić information content (AvgIpc) is 2.77. The first-order valence-corrected chi connectivity index (χ1v) is 6.51. The average molecular weight is 257 g/mol. The van der Waals surface area contributed by atoms with Crippen molar-refractivity contribution in [2.24, 2.45) is 11.8 Å². The summed E-state index contributed by atoms with van der Waals surface area (Å²) in [4.78, 5) is 25.3. The van der Waals surface area contributed by atoms with Crippen LogP contribution in [0.2, 0.25) is 0 Å². The summed E-state index contributed by atoms with van der Waals surface area (Å²) >= 11 is 0. The first-order valence-electron chi connectivity index (χ1n) is 6.51. The lowest BCUT2D eigenvalue weighted by atomic mass is 9.94. The number of hydrogen-bond acceptors (Lipinski definition) is 3. The molecule has 1 amide bonds. The molecule has 1 saturated carbocycles. The van der Waals surface area contributed by atoms with E-state index < -0.39 is 11.9 Å². The number of rotatable bonds is 6. The van der Waals surface area contributed by atoms with Gasteiger partial charge in [0.25, 0.3) is 0 Å². The van der Waals surface area contributed by atoms with Gasteiger partial charge in [-0.1, -0.05) is 6.42 Å². The molecule has 0 aliphatic heterocycles. The fourth-order valence-corrected chi connectivity index (χ4v) is 2.58. The summed E-state index contributed by atoms with van der Waals surface area (Å²) in [6.07, 6.45) is 2.12. The van der Waals surface area contributed by atoms with Gasteiger partial charge in [-0.2, -0.15) is 0 Å². The van der Waals surface area contributed by atoms with E-state index >= 15 is 0 Å². The van der Waals surface area contributed by atoms with Crippen molar-refractivity contribution in [1.82, 2.24) is 4.90 Å². The summed E-state index contributed by atoms with van der Waals surface area (Å²) in [5.74, 6) is -1.75. The Kier molecular flexibility index (Phi) is 5.59. The molecule has 2 atom stereocenters. The third-order valence-electron chi connectivity index (χ3n) is 3.59. The molecule has 0 bridgehead atoms. The van der Waals surface area contributed by atoms with Crippen molar-refractivity contribution in [1.29, 1.82) is 0 Å². The maximum Gasteiger partial charge on any atom is 0.307 e. The largest absolute Gasteiger partial charge is 0.481 e. The first kappa shape index (κ1) is 15.0. The number of carboxylic acids is 1. The highest BCUT2D eigenvalue weighted by molar-refractivity contribution is 5.85. The number of hydrogen-bond donors (Lipinski definition) is 1. The third kappa shape index (κ3) is 3.45. The van der Waals surface area contributed by atoms with Gasteiger partial charge in [0.2, 0.25) is 5.91 Å². The molecule has 1 rings (SSSR count). The number of amides is 1. The van der Waals surface area contributed by atoms with Gasteiger partial charge in [-0.25, -0.2) is 0 Å². The van der Waals surface area contributed by atoms with E-state index in [0.29, 0.717) is 26.0 Å². The predicted molar refractivity (Wildman–Crippen MR) is 67.2 cm³/mol. The molecule has 0 aromatic carbocycles. The number of carboxylic acid groups (broad SMARTS) is 1. The monoisotopic (exact) mass is 257 g/mol. The van der Waals surface area contributed by atoms with E-state index in [0.717, 1.165) is 6.42 Å². The molecule has 0 aromatic rings. The molecule has 0 aromatic heterocycles. The van der Waals surface area contributed by atoms with Crippen molar-refractivity contribution in [2.75, 3.05) is 20.3 Å². The van der Waals surface area contributed by atoms with Crippen molar-refractivity contribution in [3.8, 4) is 0 Å². The Morgan fingerprint density at radius 3 is 2.44 bits per heavy atom. The molecule has 104 valence electrons. The zero-order valence-electron chi connectivity index (χ0n) is 11.4. The van der Waals surface area contributed by atoms with Crippen LogP contribution in [0.4, 0.5) is 0 Å². The van der Waals surface area contributed by atoms with Crippen LogP contribution in [-0.4, -0.2) is 48.2 Å². The van der Waals surface area contributed by atoms with Crippen LogP contribution in [0.25, 0.3) is 0 Å². The molecule has 0 spiro atoms. The van der Waals surface area contributed by atoms with E-state index in [9.17, 15) is 9.59 Å². The number of methoxy groups -OCH3 is 1. The van der Waals surface area contributed by atoms with Crippen LogP contribution in [0, 0.1) is 11.8 Å². The van der Waals surface area contributed by atoms with Gasteiger partial charge in [0.15, 0.2) is 0 Å². The van der Waals surface area contributed by atoms with Gasteiger partial charge in [-0.15, -0.1) is 0 Å². The normalized spacial score (nSPS) is 23.3. The van der Waals surface area contributed by atoms with Crippen molar-refractivity contribution < 1.29 is 19.4 Å². The van der Waals surface area contributed by atoms with Crippen LogP contribution < -0.4 is 0 Å². The van der Waals surface area contributed by atoms with Crippen LogP contribution in [0.1, 0.15) is 33.1 Å². The summed E-state index contributed by atoms with van der Waals surface area (Å²) < 4.78 is 5.00. The standard InChI is InChI=1S/C13H23NO4/c1-9(2)14(7-8-18-3)12(15)10-5-4-6-11(10)13(16)17/h9-11H,4-8H2,1-3H3,(H,16,17). The SMILES string of the molecule is COCCN(C(=O)C1CCCC1C(=O)O)C(C)C. The van der Waals surface area contributed by atoms with E-state index in [1.807, 2.05) is 13.8 Å². The molecule has 2 unspecified atom stereocenters. The number of nitrogens with zero attached hydrogens (tertiary/aromatic N) is 1. The Morgan fingerprint density at radius 1 is 1.33 bits per heavy atom. The second-order valence-electron chi connectivity index (χ2n) is 5.10. The fourth-order valence-electron chi connectivity index (χ4n) is 2.58. The lowest BCUT2D eigenvalue weighted by Crippen LogP contribution is -2.44. The molecule has 1 N–H and O–H groups in total. The molecule has 0 saturated heterocycles. The van der Waals surface area contributed by atoms with Gasteiger partial charge < -0.3 is 14.7 Å². The topological polar surface area (TPSA) is 66.8 Å². The van der Waals surface area contributed by atoms with Gasteiger partial charge >= 0.3 is 5.97 Å². The van der Waals surface area contributed by atoms with Gasteiger partial charge in [0.05, 0.1) is 18.4 Å². The molecule has 0 radical (unpaired) electrons. The maximum atomic E-state index is 12.4. The van der Waals surface area contributed by atoms with Gasteiger partial charge in [-0.3, -0.25) is 9.59 Å². The van der Waals surface area contributed by atoms with E-state index in [-0.39, 0.29) is 17.9 Å². The minimum atomic E-state index is -0.846. The second kappa shape index (κ2) is 6.73. The Morgan fingerprint density at radius 2 is 1.94 bits per heavy atom. The highest BCUT2D eigenvalue weighted by atomic mass is 16.5. The van der Waals surface area contributed by atoms with Crippen LogP contribution >= 0.6 is 0 Å². The summed E-state index contributed by atoms with van der Waals surface area (Å²) in [7, 11) is 1.60. The molecular weight excluding hydrogens is 234 g/mol. The molecule has 18 heavy (non-hydrogen) atoms. The molecule has 5 nitrogen and oxygen atoms in total. The van der Waals surface area contributed by atoms with Crippen molar-refractivity contribution in [3.05, 3.63) is 0 Å². The second-order valence-corrected chi connectivity index (χ2v) is 5.10. The Balaban J connectivity index is 2.72. The van der Waals surface area contributed by atoms with Crippen LogP contribution in [0.5, 0.6) is 0 Å². The van der Waals surface area contributed by atoms with Gasteiger partial charge in [0.1, 0.15) is 0 Å². The Hall–Kier alpha value is -1.10. The summed E-state index contributed by atoms with van der Waals surface area (Å²) in [5.41, 5.74) is 0. The predicted octanol–water partition coefficient (Wildman–Crippen LogP) is 1.37. The highest BCUT2D eigenvalue weighted by Gasteiger charge is 2.40. The lowest BCUT2D eigenvalue weighted by Gasteiger charge is -2.30. The van der Waals surface area contributed by atoms with E-state index in [4.69, 9.17) is 9.84 Å². The molecule has 5 heteroatoms. The van der Waals surface area contributed by atoms with Gasteiger partial charge in [-0.05, 0) is 26.7 Å². The summed E-state index contributed by atoms with van der Waals surface area (Å²) in [6.45, 7) is 4.89. The van der Waals surface area contributed by atoms with Gasteiger partial charge in [0, 0.05) is 19.7 Å². The number of aliphatic carboxylic acids is 1. The number of carbonyl (C=O) groups excluding carboxylic acids is 1. The minimum absolute atomic E-state index is 0.0352. The summed E-state index contributed by atoms with van der Waals surface area (Å²) in [6, 6.07) is 0.0719. The molecule has 0 heterocycles. The summed E-state index contributed by atoms with van der Waals surface area (Å²) in [5, 5.41) is 9.13. The molecule has 1 aliphatic carbocycles. The Labute approximate surface area is 108 Å². The van der Waals surface area contributed by atoms with Crippen molar-refractivity contribution >= 4 is 11.9 Å². The number of carbonyl (C=O) groups is 2. The van der Waals surface area contributed by atoms with E-state index in [1.54, 1.807) is 12.0 Å². The smallest absolute Gasteiger partial charge is 0.307 e. The minimum Gasteiger partial charge on any atom is -0.481 e. The van der Waals surface area contributed by atoms with Crippen molar-refractivity contribution in [3.63, 3.8) is 0 Å². The van der Waals surface area contributed by atoms with E-state index in [1.165, 1.54) is 0 Å².